The number of phenols is 1. The predicted octanol–water partition coefficient (Wildman–Crippen LogP) is 1.89. The molecule has 2 amide bonds. The number of halogens is 2. The predicted molar refractivity (Wildman–Crippen MR) is 75.9 cm³/mol. The third-order valence-electron chi connectivity index (χ3n) is 3.36. The first kappa shape index (κ1) is 14.9. The number of hydrogen-bond donors (Lipinski definition) is 2. The van der Waals surface area contributed by atoms with Crippen molar-refractivity contribution in [2.75, 3.05) is 13.1 Å². The van der Waals surface area contributed by atoms with Crippen LogP contribution in [0.1, 0.15) is 24.3 Å². The fourth-order valence-electron chi connectivity index (χ4n) is 2.37. The molecule has 20 heavy (non-hydrogen) atoms. The lowest BCUT2D eigenvalue weighted by Crippen LogP contribution is -2.29. The molecule has 1 aromatic carbocycles. The van der Waals surface area contributed by atoms with Crippen molar-refractivity contribution in [2.24, 2.45) is 5.73 Å². The highest BCUT2D eigenvalue weighted by molar-refractivity contribution is 6.42. The number of aromatic hydroxyl groups is 1. The first-order chi connectivity index (χ1) is 9.40. The number of carbonyl (C=O) groups is 2. The van der Waals surface area contributed by atoms with Gasteiger partial charge in [-0.05, 0) is 12.1 Å². The van der Waals surface area contributed by atoms with Crippen LogP contribution in [-0.2, 0) is 9.59 Å². The van der Waals surface area contributed by atoms with Gasteiger partial charge in [0.05, 0.1) is 10.0 Å². The molecule has 1 aromatic rings. The minimum absolute atomic E-state index is 0.0222. The van der Waals surface area contributed by atoms with Gasteiger partial charge in [0.1, 0.15) is 5.75 Å². The maximum Gasteiger partial charge on any atom is 0.223 e. The average Bonchev–Trinajstić information content (AvgIpc) is 2.73. The summed E-state index contributed by atoms with van der Waals surface area (Å²) in [4.78, 5) is 24.2. The van der Waals surface area contributed by atoms with Crippen molar-refractivity contribution in [3.63, 3.8) is 0 Å². The summed E-state index contributed by atoms with van der Waals surface area (Å²) in [5.41, 5.74) is 5.56. The summed E-state index contributed by atoms with van der Waals surface area (Å²) in [7, 11) is 0. The van der Waals surface area contributed by atoms with Gasteiger partial charge in [0.15, 0.2) is 0 Å². The number of nitrogens with two attached hydrogens (primary N) is 1. The number of likely N-dealkylation sites (tertiary alicyclic amines) is 1. The van der Waals surface area contributed by atoms with Crippen molar-refractivity contribution in [3.05, 3.63) is 27.7 Å². The number of hydrogen-bond acceptors (Lipinski definition) is 3. The van der Waals surface area contributed by atoms with Crippen LogP contribution in [0.15, 0.2) is 12.1 Å². The lowest BCUT2D eigenvalue weighted by Gasteiger charge is -2.17. The molecule has 2 rings (SSSR count). The van der Waals surface area contributed by atoms with E-state index in [0.717, 1.165) is 0 Å². The van der Waals surface area contributed by atoms with Crippen LogP contribution in [0.3, 0.4) is 0 Å². The van der Waals surface area contributed by atoms with Crippen LogP contribution >= 0.6 is 23.2 Å². The molecule has 1 aliphatic heterocycles. The molecule has 7 heteroatoms. The van der Waals surface area contributed by atoms with E-state index in [1.807, 2.05) is 0 Å². The summed E-state index contributed by atoms with van der Waals surface area (Å²) in [6.45, 7) is 0.670. The molecule has 0 radical (unpaired) electrons. The van der Waals surface area contributed by atoms with Crippen LogP contribution < -0.4 is 5.73 Å². The Bertz CT molecular complexity index is 563. The Hall–Kier alpha value is -1.46. The van der Waals surface area contributed by atoms with Crippen molar-refractivity contribution in [3.8, 4) is 5.75 Å². The quantitative estimate of drug-likeness (QED) is 0.889. The van der Waals surface area contributed by atoms with E-state index in [1.165, 1.54) is 12.1 Å². The van der Waals surface area contributed by atoms with Crippen molar-refractivity contribution in [1.29, 1.82) is 0 Å². The Morgan fingerprint density at radius 1 is 1.45 bits per heavy atom. The molecular weight excluding hydrogens is 303 g/mol. The maximum absolute atomic E-state index is 11.9. The lowest BCUT2D eigenvalue weighted by molar-refractivity contribution is -0.128. The third-order valence-corrected chi connectivity index (χ3v) is 4.18. The fourth-order valence-corrected chi connectivity index (χ4v) is 2.85. The topological polar surface area (TPSA) is 83.6 Å². The number of amides is 2. The minimum Gasteiger partial charge on any atom is -0.508 e. The van der Waals surface area contributed by atoms with Crippen LogP contribution in [-0.4, -0.2) is 34.9 Å². The van der Waals surface area contributed by atoms with Gasteiger partial charge in [-0.3, -0.25) is 9.59 Å². The van der Waals surface area contributed by atoms with E-state index >= 15 is 0 Å². The smallest absolute Gasteiger partial charge is 0.223 e. The molecule has 5 nitrogen and oxygen atoms in total. The van der Waals surface area contributed by atoms with Gasteiger partial charge >= 0.3 is 0 Å². The molecule has 1 unspecified atom stereocenters. The fraction of sp³-hybridized carbons (Fsp3) is 0.385. The second-order valence-electron chi connectivity index (χ2n) is 4.75. The van der Waals surface area contributed by atoms with E-state index in [-0.39, 0.29) is 42.0 Å². The largest absolute Gasteiger partial charge is 0.508 e. The van der Waals surface area contributed by atoms with Gasteiger partial charge in [0, 0.05) is 37.4 Å². The molecule has 1 atom stereocenters. The third kappa shape index (κ3) is 2.99. The normalized spacial score (nSPS) is 18.6. The molecule has 0 aliphatic carbocycles. The van der Waals surface area contributed by atoms with E-state index in [0.29, 0.717) is 17.1 Å². The van der Waals surface area contributed by atoms with Crippen LogP contribution in [0.2, 0.25) is 10.0 Å². The van der Waals surface area contributed by atoms with Crippen LogP contribution in [0.25, 0.3) is 0 Å². The monoisotopic (exact) mass is 316 g/mol. The van der Waals surface area contributed by atoms with Gasteiger partial charge in [0.2, 0.25) is 11.8 Å². The molecule has 108 valence electrons. The number of carbonyl (C=O) groups excluding carboxylic acids is 2. The zero-order valence-corrected chi connectivity index (χ0v) is 12.1. The summed E-state index contributed by atoms with van der Waals surface area (Å²) >= 11 is 12.0. The van der Waals surface area contributed by atoms with Crippen molar-refractivity contribution >= 4 is 35.0 Å². The van der Waals surface area contributed by atoms with Gasteiger partial charge in [-0.2, -0.15) is 0 Å². The summed E-state index contributed by atoms with van der Waals surface area (Å²) in [5, 5.41) is 10.5. The van der Waals surface area contributed by atoms with E-state index < -0.39 is 5.91 Å². The number of benzene rings is 1. The second-order valence-corrected chi connectivity index (χ2v) is 5.54. The SMILES string of the molecule is NC(=O)CCN1CC(c2c(O)ccc(Cl)c2Cl)CC1=O. The van der Waals surface area contributed by atoms with Gasteiger partial charge < -0.3 is 15.7 Å². The average molecular weight is 317 g/mol. The number of phenolic OH excluding ortho intramolecular Hbond substituents is 1. The number of nitrogens with zero attached hydrogens (tertiary/aromatic N) is 1. The van der Waals surface area contributed by atoms with Crippen molar-refractivity contribution in [2.45, 2.75) is 18.8 Å². The van der Waals surface area contributed by atoms with Crippen LogP contribution in [0.4, 0.5) is 0 Å². The number of primary amides is 1. The molecule has 1 saturated heterocycles. The molecule has 1 aliphatic rings. The summed E-state index contributed by atoms with van der Waals surface area (Å²) in [6, 6.07) is 2.96. The van der Waals surface area contributed by atoms with Crippen molar-refractivity contribution < 1.29 is 14.7 Å². The Labute approximate surface area is 126 Å². The Balaban J connectivity index is 2.18. The molecule has 0 spiro atoms. The first-order valence-corrected chi connectivity index (χ1v) is 6.88. The zero-order chi connectivity index (χ0) is 14.9. The molecular formula is C13H14Cl2N2O3. The first-order valence-electron chi connectivity index (χ1n) is 6.13. The standard InChI is InChI=1S/C13H14Cl2N2O3/c14-8-1-2-9(18)12(13(8)15)7-5-11(20)17(6-7)4-3-10(16)19/h1-2,7,18H,3-6H2,(H2,16,19). The summed E-state index contributed by atoms with van der Waals surface area (Å²) in [6.07, 6.45) is 0.347. The molecule has 0 saturated carbocycles. The minimum atomic E-state index is -0.454. The van der Waals surface area contributed by atoms with Gasteiger partial charge in [-0.1, -0.05) is 23.2 Å². The Morgan fingerprint density at radius 3 is 2.80 bits per heavy atom. The Kier molecular flexibility index (Phi) is 4.40. The highest BCUT2D eigenvalue weighted by Gasteiger charge is 2.33. The van der Waals surface area contributed by atoms with Gasteiger partial charge in [0.25, 0.3) is 0 Å². The van der Waals surface area contributed by atoms with Gasteiger partial charge in [-0.15, -0.1) is 0 Å². The van der Waals surface area contributed by atoms with Crippen LogP contribution in [0.5, 0.6) is 5.75 Å². The molecule has 0 aromatic heterocycles. The van der Waals surface area contributed by atoms with Crippen LogP contribution in [0, 0.1) is 0 Å². The van der Waals surface area contributed by atoms with Gasteiger partial charge in [-0.25, -0.2) is 0 Å². The summed E-state index contributed by atoms with van der Waals surface area (Å²) < 4.78 is 0. The molecule has 0 bridgehead atoms. The second kappa shape index (κ2) is 5.89. The maximum atomic E-state index is 11.9. The molecule has 1 heterocycles. The lowest BCUT2D eigenvalue weighted by atomic mass is 9.97. The van der Waals surface area contributed by atoms with E-state index in [4.69, 9.17) is 28.9 Å². The zero-order valence-electron chi connectivity index (χ0n) is 10.6. The highest BCUT2D eigenvalue weighted by atomic mass is 35.5. The Morgan fingerprint density at radius 2 is 2.15 bits per heavy atom. The number of rotatable bonds is 4. The van der Waals surface area contributed by atoms with E-state index in [1.54, 1.807) is 4.90 Å². The van der Waals surface area contributed by atoms with Crippen molar-refractivity contribution in [1.82, 2.24) is 4.90 Å². The highest BCUT2D eigenvalue weighted by Crippen LogP contribution is 2.41. The summed E-state index contributed by atoms with van der Waals surface area (Å²) in [5.74, 6) is -0.757. The van der Waals surface area contributed by atoms with E-state index in [9.17, 15) is 14.7 Å². The molecule has 1 fully saturated rings. The van der Waals surface area contributed by atoms with E-state index in [2.05, 4.69) is 0 Å². The molecule has 3 N–H and O–H groups in total.